The maximum absolute atomic E-state index is 10.2. The third-order valence-electron chi connectivity index (χ3n) is 4.03. The standard InChI is InChI=1S/C14H30N2O/c1-11-6-7-13(8-12(11)2)15-9-14(3,17)10-16(4)5/h11-13,15,17H,6-10H2,1-5H3/t11-,12-,13+,14-/m1/s1. The zero-order valence-electron chi connectivity index (χ0n) is 12.2. The molecule has 0 heterocycles. The van der Waals surface area contributed by atoms with E-state index in [-0.39, 0.29) is 0 Å². The zero-order valence-corrected chi connectivity index (χ0v) is 12.2. The topological polar surface area (TPSA) is 35.5 Å². The normalized spacial score (nSPS) is 33.7. The summed E-state index contributed by atoms with van der Waals surface area (Å²) in [5.41, 5.74) is -0.629. The molecule has 4 atom stereocenters. The molecule has 0 bridgehead atoms. The van der Waals surface area contributed by atoms with E-state index in [4.69, 9.17) is 0 Å². The van der Waals surface area contributed by atoms with Gasteiger partial charge in [0.05, 0.1) is 5.60 Å². The average molecular weight is 242 g/mol. The molecule has 0 aliphatic heterocycles. The number of nitrogens with one attached hydrogen (secondary N) is 1. The van der Waals surface area contributed by atoms with E-state index in [2.05, 4.69) is 19.2 Å². The average Bonchev–Trinajstić information content (AvgIpc) is 2.18. The van der Waals surface area contributed by atoms with Gasteiger partial charge >= 0.3 is 0 Å². The number of likely N-dealkylation sites (N-methyl/N-ethyl adjacent to an activating group) is 1. The molecule has 0 saturated heterocycles. The molecule has 0 spiro atoms. The lowest BCUT2D eigenvalue weighted by atomic mass is 9.79. The Morgan fingerprint density at radius 3 is 2.41 bits per heavy atom. The zero-order chi connectivity index (χ0) is 13.1. The maximum atomic E-state index is 10.2. The van der Waals surface area contributed by atoms with E-state index < -0.39 is 5.60 Å². The van der Waals surface area contributed by atoms with Crippen molar-refractivity contribution in [2.45, 2.75) is 51.7 Å². The Hall–Kier alpha value is -0.120. The van der Waals surface area contributed by atoms with Crippen molar-refractivity contribution in [1.29, 1.82) is 0 Å². The molecule has 3 nitrogen and oxygen atoms in total. The predicted octanol–water partition coefficient (Wildman–Crippen LogP) is 1.71. The van der Waals surface area contributed by atoms with E-state index in [0.717, 1.165) is 11.8 Å². The minimum Gasteiger partial charge on any atom is -0.388 e. The second-order valence-corrected chi connectivity index (χ2v) is 6.58. The molecule has 0 aromatic carbocycles. The van der Waals surface area contributed by atoms with Crippen LogP contribution in [0.3, 0.4) is 0 Å². The molecule has 0 amide bonds. The largest absolute Gasteiger partial charge is 0.388 e. The van der Waals surface area contributed by atoms with Gasteiger partial charge in [-0.15, -0.1) is 0 Å². The molecule has 1 rings (SSSR count). The highest BCUT2D eigenvalue weighted by molar-refractivity contribution is 4.84. The van der Waals surface area contributed by atoms with Gasteiger partial charge < -0.3 is 15.3 Å². The van der Waals surface area contributed by atoms with Crippen molar-refractivity contribution in [2.75, 3.05) is 27.2 Å². The van der Waals surface area contributed by atoms with Crippen LogP contribution in [0.15, 0.2) is 0 Å². The second kappa shape index (κ2) is 6.17. The Balaban J connectivity index is 2.31. The third-order valence-corrected chi connectivity index (χ3v) is 4.03. The van der Waals surface area contributed by atoms with Crippen molar-refractivity contribution < 1.29 is 5.11 Å². The summed E-state index contributed by atoms with van der Waals surface area (Å²) in [5.74, 6) is 1.66. The number of rotatable bonds is 5. The minimum atomic E-state index is -0.629. The van der Waals surface area contributed by atoms with Crippen LogP contribution in [0.4, 0.5) is 0 Å². The second-order valence-electron chi connectivity index (χ2n) is 6.58. The van der Waals surface area contributed by atoms with Crippen LogP contribution in [0.2, 0.25) is 0 Å². The first-order valence-electron chi connectivity index (χ1n) is 6.90. The molecule has 0 aromatic rings. The summed E-state index contributed by atoms with van der Waals surface area (Å²) in [7, 11) is 4.00. The van der Waals surface area contributed by atoms with Crippen LogP contribution in [0, 0.1) is 11.8 Å². The highest BCUT2D eigenvalue weighted by atomic mass is 16.3. The first-order chi connectivity index (χ1) is 7.80. The summed E-state index contributed by atoms with van der Waals surface area (Å²) >= 11 is 0. The molecule has 0 aromatic heterocycles. The monoisotopic (exact) mass is 242 g/mol. The summed E-state index contributed by atoms with van der Waals surface area (Å²) < 4.78 is 0. The van der Waals surface area contributed by atoms with Gasteiger partial charge in [0.2, 0.25) is 0 Å². The predicted molar refractivity (Wildman–Crippen MR) is 73.1 cm³/mol. The number of hydrogen-bond acceptors (Lipinski definition) is 3. The van der Waals surface area contributed by atoms with E-state index in [1.165, 1.54) is 19.3 Å². The molecule has 0 unspecified atom stereocenters. The van der Waals surface area contributed by atoms with Gasteiger partial charge in [-0.2, -0.15) is 0 Å². The van der Waals surface area contributed by atoms with Gasteiger partial charge in [0.15, 0.2) is 0 Å². The van der Waals surface area contributed by atoms with Crippen LogP contribution in [-0.2, 0) is 0 Å². The van der Waals surface area contributed by atoms with Crippen molar-refractivity contribution >= 4 is 0 Å². The summed E-state index contributed by atoms with van der Waals surface area (Å²) in [6, 6.07) is 0.592. The van der Waals surface area contributed by atoms with Crippen molar-refractivity contribution in [3.63, 3.8) is 0 Å². The van der Waals surface area contributed by atoms with Crippen LogP contribution in [0.1, 0.15) is 40.0 Å². The van der Waals surface area contributed by atoms with Crippen LogP contribution >= 0.6 is 0 Å². The fraction of sp³-hybridized carbons (Fsp3) is 1.00. The van der Waals surface area contributed by atoms with Crippen LogP contribution in [-0.4, -0.2) is 48.8 Å². The van der Waals surface area contributed by atoms with Crippen molar-refractivity contribution in [3.8, 4) is 0 Å². The Labute approximate surface area is 107 Å². The number of hydrogen-bond donors (Lipinski definition) is 2. The molecule has 0 radical (unpaired) electrons. The number of aliphatic hydroxyl groups is 1. The first kappa shape index (κ1) is 14.9. The molecule has 1 aliphatic carbocycles. The highest BCUT2D eigenvalue weighted by Crippen LogP contribution is 2.29. The molecule has 102 valence electrons. The molecule has 1 fully saturated rings. The van der Waals surface area contributed by atoms with Gasteiger partial charge in [0.25, 0.3) is 0 Å². The van der Waals surface area contributed by atoms with Gasteiger partial charge in [0.1, 0.15) is 0 Å². The first-order valence-corrected chi connectivity index (χ1v) is 6.90. The summed E-state index contributed by atoms with van der Waals surface area (Å²) in [6.07, 6.45) is 3.82. The van der Waals surface area contributed by atoms with Gasteiger partial charge in [0, 0.05) is 19.1 Å². The van der Waals surface area contributed by atoms with E-state index in [9.17, 15) is 5.11 Å². The fourth-order valence-electron chi connectivity index (χ4n) is 2.83. The van der Waals surface area contributed by atoms with Crippen LogP contribution in [0.25, 0.3) is 0 Å². The van der Waals surface area contributed by atoms with Crippen molar-refractivity contribution in [3.05, 3.63) is 0 Å². The van der Waals surface area contributed by atoms with Crippen LogP contribution < -0.4 is 5.32 Å². The van der Waals surface area contributed by atoms with Gasteiger partial charge in [-0.05, 0) is 52.1 Å². The highest BCUT2D eigenvalue weighted by Gasteiger charge is 2.27. The van der Waals surface area contributed by atoms with Crippen molar-refractivity contribution in [1.82, 2.24) is 10.2 Å². The summed E-state index contributed by atoms with van der Waals surface area (Å²) in [4.78, 5) is 2.03. The van der Waals surface area contributed by atoms with E-state index in [1.807, 2.05) is 25.9 Å². The van der Waals surface area contributed by atoms with E-state index in [1.54, 1.807) is 0 Å². The third kappa shape index (κ3) is 5.36. The van der Waals surface area contributed by atoms with E-state index >= 15 is 0 Å². The smallest absolute Gasteiger partial charge is 0.0869 e. The molecular formula is C14H30N2O. The molecule has 2 N–H and O–H groups in total. The van der Waals surface area contributed by atoms with Gasteiger partial charge in [-0.25, -0.2) is 0 Å². The van der Waals surface area contributed by atoms with Gasteiger partial charge in [-0.1, -0.05) is 13.8 Å². The molecule has 1 aliphatic rings. The van der Waals surface area contributed by atoms with Gasteiger partial charge in [-0.3, -0.25) is 0 Å². The quantitative estimate of drug-likeness (QED) is 0.770. The Bertz CT molecular complexity index is 228. The Kier molecular flexibility index (Phi) is 5.42. The Morgan fingerprint density at radius 2 is 1.88 bits per heavy atom. The summed E-state index contributed by atoms with van der Waals surface area (Å²) in [6.45, 7) is 8.00. The minimum absolute atomic E-state index is 0.592. The molecular weight excluding hydrogens is 212 g/mol. The maximum Gasteiger partial charge on any atom is 0.0869 e. The molecule has 1 saturated carbocycles. The van der Waals surface area contributed by atoms with Crippen molar-refractivity contribution in [2.24, 2.45) is 11.8 Å². The fourth-order valence-corrected chi connectivity index (χ4v) is 2.83. The SMILES string of the molecule is C[C@@H]1CC[C@H](NC[C@@](C)(O)CN(C)C)C[C@H]1C. The van der Waals surface area contributed by atoms with E-state index in [0.29, 0.717) is 19.1 Å². The summed E-state index contributed by atoms with van der Waals surface area (Å²) in [5, 5.41) is 13.8. The van der Waals surface area contributed by atoms with Crippen LogP contribution in [0.5, 0.6) is 0 Å². The Morgan fingerprint density at radius 1 is 1.24 bits per heavy atom. The lowest BCUT2D eigenvalue weighted by Gasteiger charge is -2.35. The lowest BCUT2D eigenvalue weighted by Crippen LogP contribution is -2.49. The lowest BCUT2D eigenvalue weighted by molar-refractivity contribution is 0.0285. The molecule has 3 heteroatoms. The molecule has 17 heavy (non-hydrogen) atoms. The number of nitrogens with zero attached hydrogens (tertiary/aromatic N) is 1.